The van der Waals surface area contributed by atoms with E-state index in [-0.39, 0.29) is 51.4 Å². The van der Waals surface area contributed by atoms with Crippen LogP contribution in [-0.4, -0.2) is 16.8 Å². The van der Waals surface area contributed by atoms with Crippen LogP contribution in [0.2, 0.25) is 0 Å². The molecule has 0 aliphatic heterocycles. The molecule has 0 aliphatic carbocycles. The zero-order chi connectivity index (χ0) is 10.1. The van der Waals surface area contributed by atoms with Gasteiger partial charge in [0.25, 0.3) is 5.56 Å². The van der Waals surface area contributed by atoms with E-state index in [0.717, 1.165) is 6.07 Å². The van der Waals surface area contributed by atoms with Crippen molar-refractivity contribution in [1.29, 1.82) is 0 Å². The van der Waals surface area contributed by atoms with Crippen LogP contribution < -0.4 is 56.9 Å². The van der Waals surface area contributed by atoms with Crippen molar-refractivity contribution in [2.75, 3.05) is 0 Å². The van der Waals surface area contributed by atoms with E-state index in [1.807, 2.05) is 0 Å². The average molecular weight is 230 g/mol. The number of nitrogens with zero attached hydrogens (tertiary/aromatic N) is 2. The molecule has 1 rings (SSSR count). The Kier molecular flexibility index (Phi) is 5.60. The van der Waals surface area contributed by atoms with Gasteiger partial charge in [-0.3, -0.25) is 9.48 Å². The number of hydrogen-bond acceptors (Lipinski definition) is 2. The predicted octanol–water partition coefficient (Wildman–Crippen LogP) is -2.06. The van der Waals surface area contributed by atoms with Crippen molar-refractivity contribution in [3.05, 3.63) is 28.2 Å². The summed E-state index contributed by atoms with van der Waals surface area (Å²) in [6.07, 6.45) is -1.28. The Hall–Kier alpha value is 0.371. The maximum absolute atomic E-state index is 11.9. The number of aryl methyl sites for hydroxylation is 1. The van der Waals surface area contributed by atoms with Crippen LogP contribution >= 0.6 is 0 Å². The predicted molar refractivity (Wildman–Crippen MR) is 42.3 cm³/mol. The van der Waals surface area contributed by atoms with Crippen LogP contribution in [0.25, 0.3) is 0 Å². The van der Waals surface area contributed by atoms with E-state index in [4.69, 9.17) is 0 Å². The van der Waals surface area contributed by atoms with E-state index in [1.54, 1.807) is 0 Å². The summed E-state index contributed by atoms with van der Waals surface area (Å²) in [5, 5.41) is 3.46. The Morgan fingerprint density at radius 3 is 2.50 bits per heavy atom. The van der Waals surface area contributed by atoms with Crippen LogP contribution in [0.5, 0.6) is 0 Å². The molecule has 72 valence electrons. The first kappa shape index (κ1) is 14.4. The summed E-state index contributed by atoms with van der Waals surface area (Å²) in [7, 11) is 0. The SMILES string of the molecule is Cc1ccc(=O)n(C[B-](F)(F)F)n1.[K+]. The molecule has 3 nitrogen and oxygen atoms in total. The summed E-state index contributed by atoms with van der Waals surface area (Å²) >= 11 is 0. The van der Waals surface area contributed by atoms with Gasteiger partial charge < -0.3 is 12.9 Å². The Labute approximate surface area is 121 Å². The van der Waals surface area contributed by atoms with Gasteiger partial charge in [-0.15, -0.1) is 0 Å². The number of aromatic nitrogens is 2. The first-order chi connectivity index (χ1) is 5.88. The van der Waals surface area contributed by atoms with Crippen LogP contribution in [0, 0.1) is 6.92 Å². The Balaban J connectivity index is 0.00000169. The van der Waals surface area contributed by atoms with Crippen LogP contribution in [0.4, 0.5) is 12.9 Å². The van der Waals surface area contributed by atoms with Gasteiger partial charge in [-0.05, 0) is 13.0 Å². The maximum atomic E-state index is 11.9. The van der Waals surface area contributed by atoms with E-state index < -0.39 is 19.0 Å². The first-order valence-electron chi connectivity index (χ1n) is 3.64. The van der Waals surface area contributed by atoms with Crippen molar-refractivity contribution in [3.8, 4) is 0 Å². The number of hydrogen-bond donors (Lipinski definition) is 0. The third-order valence-corrected chi connectivity index (χ3v) is 1.38. The zero-order valence-corrected chi connectivity index (χ0v) is 11.0. The molecular formula is C6H7BF3KN2O. The fourth-order valence-electron chi connectivity index (χ4n) is 0.878. The molecule has 0 N–H and O–H groups in total. The van der Waals surface area contributed by atoms with E-state index in [1.165, 1.54) is 13.0 Å². The second kappa shape index (κ2) is 5.45. The molecule has 0 saturated carbocycles. The minimum atomic E-state index is -5.02. The molecule has 0 aliphatic rings. The van der Waals surface area contributed by atoms with Gasteiger partial charge in [0.15, 0.2) is 0 Å². The van der Waals surface area contributed by atoms with Gasteiger partial charge in [-0.1, -0.05) is 0 Å². The third kappa shape index (κ3) is 4.74. The van der Waals surface area contributed by atoms with Gasteiger partial charge >= 0.3 is 58.4 Å². The smallest absolute Gasteiger partial charge is 0.448 e. The largest absolute Gasteiger partial charge is 1.00 e. The summed E-state index contributed by atoms with van der Waals surface area (Å²) in [4.78, 5) is 10.9. The number of halogens is 3. The molecule has 0 aromatic carbocycles. The molecule has 1 heterocycles. The Bertz CT molecular complexity index is 365. The maximum Gasteiger partial charge on any atom is 1.00 e. The van der Waals surface area contributed by atoms with E-state index in [2.05, 4.69) is 5.10 Å². The molecule has 0 radical (unpaired) electrons. The molecule has 14 heavy (non-hydrogen) atoms. The fourth-order valence-corrected chi connectivity index (χ4v) is 0.878. The minimum Gasteiger partial charge on any atom is -0.448 e. The third-order valence-electron chi connectivity index (χ3n) is 1.38. The average Bonchev–Trinajstić information content (AvgIpc) is 1.94. The van der Waals surface area contributed by atoms with Crippen molar-refractivity contribution in [2.24, 2.45) is 0 Å². The topological polar surface area (TPSA) is 34.9 Å². The van der Waals surface area contributed by atoms with Crippen molar-refractivity contribution < 1.29 is 64.3 Å². The summed E-state index contributed by atoms with van der Waals surface area (Å²) in [6, 6.07) is 2.45. The van der Waals surface area contributed by atoms with Crippen molar-refractivity contribution in [2.45, 2.75) is 13.4 Å². The monoisotopic (exact) mass is 230 g/mol. The van der Waals surface area contributed by atoms with Gasteiger partial charge in [-0.25, -0.2) is 0 Å². The van der Waals surface area contributed by atoms with E-state index in [9.17, 15) is 17.7 Å². The summed E-state index contributed by atoms with van der Waals surface area (Å²) in [5.74, 6) is 0. The molecule has 0 fully saturated rings. The van der Waals surface area contributed by atoms with Crippen molar-refractivity contribution >= 4 is 6.98 Å². The van der Waals surface area contributed by atoms with Gasteiger partial charge in [0.1, 0.15) is 0 Å². The molecule has 1 aromatic rings. The second-order valence-corrected chi connectivity index (χ2v) is 2.71. The van der Waals surface area contributed by atoms with E-state index in [0.29, 0.717) is 10.4 Å². The number of rotatable bonds is 2. The summed E-state index contributed by atoms with van der Waals surface area (Å²) < 4.78 is 36.2. The molecule has 0 atom stereocenters. The van der Waals surface area contributed by atoms with E-state index >= 15 is 0 Å². The minimum absolute atomic E-state index is 0. The van der Waals surface area contributed by atoms with Crippen LogP contribution in [-0.2, 0) is 6.44 Å². The van der Waals surface area contributed by atoms with Gasteiger partial charge in [0.05, 0.1) is 5.69 Å². The van der Waals surface area contributed by atoms with Gasteiger partial charge in [0, 0.05) is 12.5 Å². The van der Waals surface area contributed by atoms with Gasteiger partial charge in [-0.2, -0.15) is 5.10 Å². The molecular weight excluding hydrogens is 223 g/mol. The molecule has 1 aromatic heterocycles. The molecule has 0 saturated heterocycles. The Morgan fingerprint density at radius 2 is 2.00 bits per heavy atom. The summed E-state index contributed by atoms with van der Waals surface area (Å²) in [6.45, 7) is -3.49. The first-order valence-corrected chi connectivity index (χ1v) is 3.64. The fraction of sp³-hybridized carbons (Fsp3) is 0.333. The quantitative estimate of drug-likeness (QED) is 0.548. The zero-order valence-electron chi connectivity index (χ0n) is 7.88. The molecule has 0 spiro atoms. The summed E-state index contributed by atoms with van der Waals surface area (Å²) in [5.41, 5.74) is -0.343. The molecule has 0 amide bonds. The Morgan fingerprint density at radius 1 is 1.43 bits per heavy atom. The van der Waals surface area contributed by atoms with Gasteiger partial charge in [0.2, 0.25) is 0 Å². The van der Waals surface area contributed by atoms with Crippen molar-refractivity contribution in [3.63, 3.8) is 0 Å². The second-order valence-electron chi connectivity index (χ2n) is 2.71. The normalized spacial score (nSPS) is 10.9. The molecule has 8 heteroatoms. The molecule has 0 unspecified atom stereocenters. The standard InChI is InChI=1S/C6H7BF3N2O.K/c1-5-2-3-6(13)12(11-5)4-7(8,9)10;/h2-3H,4H2,1H3;/q-1;+1. The van der Waals surface area contributed by atoms with Crippen LogP contribution in [0.3, 0.4) is 0 Å². The molecule has 0 bridgehead atoms. The van der Waals surface area contributed by atoms with Crippen LogP contribution in [0.1, 0.15) is 5.69 Å². The van der Waals surface area contributed by atoms with Crippen LogP contribution in [0.15, 0.2) is 16.9 Å². The van der Waals surface area contributed by atoms with Crippen molar-refractivity contribution in [1.82, 2.24) is 9.78 Å².